The number of carbonyl (C=O) groups excluding carboxylic acids is 2. The van der Waals surface area contributed by atoms with Crippen LogP contribution in [0.4, 0.5) is 5.69 Å². The van der Waals surface area contributed by atoms with Crippen LogP contribution in [0.25, 0.3) is 10.9 Å². The molecular weight excluding hydrogens is 464 g/mol. The Morgan fingerprint density at radius 3 is 2.76 bits per heavy atom. The van der Waals surface area contributed by atoms with Gasteiger partial charge in [-0.15, -0.1) is 0 Å². The molecule has 4 aliphatic rings. The lowest BCUT2D eigenvalue weighted by Gasteiger charge is -2.48. The lowest BCUT2D eigenvalue weighted by Crippen LogP contribution is -2.55. The van der Waals surface area contributed by atoms with Gasteiger partial charge in [0.1, 0.15) is 12.7 Å². The minimum absolute atomic E-state index is 0.0556. The monoisotopic (exact) mass is 498 g/mol. The van der Waals surface area contributed by atoms with E-state index in [0.717, 1.165) is 54.6 Å². The van der Waals surface area contributed by atoms with E-state index < -0.39 is 5.60 Å². The highest BCUT2D eigenvalue weighted by Gasteiger charge is 2.45. The summed E-state index contributed by atoms with van der Waals surface area (Å²) in [7, 11) is 2.05. The van der Waals surface area contributed by atoms with Crippen molar-refractivity contribution in [3.8, 4) is 0 Å². The van der Waals surface area contributed by atoms with Crippen molar-refractivity contribution in [2.45, 2.75) is 56.8 Å². The number of anilines is 1. The number of fused-ring (bicyclic) bond motifs is 7. The van der Waals surface area contributed by atoms with Gasteiger partial charge in [0.05, 0.1) is 22.5 Å². The van der Waals surface area contributed by atoms with Gasteiger partial charge >= 0.3 is 0 Å². The van der Waals surface area contributed by atoms with Crippen LogP contribution in [-0.4, -0.2) is 63.6 Å². The van der Waals surface area contributed by atoms with Crippen LogP contribution >= 0.6 is 0 Å². The van der Waals surface area contributed by atoms with Gasteiger partial charge in [-0.3, -0.25) is 9.59 Å². The third-order valence-corrected chi connectivity index (χ3v) is 9.48. The highest BCUT2D eigenvalue weighted by molar-refractivity contribution is 6.02. The zero-order valence-corrected chi connectivity index (χ0v) is 21.4. The van der Waals surface area contributed by atoms with Crippen LogP contribution in [-0.2, 0) is 17.8 Å². The number of para-hydroxylation sites is 2. The highest BCUT2D eigenvalue weighted by atomic mass is 16.3. The molecule has 2 fully saturated rings. The van der Waals surface area contributed by atoms with Crippen molar-refractivity contribution in [3.05, 3.63) is 65.4 Å². The molecule has 1 saturated heterocycles. The number of benzene rings is 2. The third-order valence-electron chi connectivity index (χ3n) is 9.48. The summed E-state index contributed by atoms with van der Waals surface area (Å²) in [5.41, 5.74) is 4.40. The Morgan fingerprint density at radius 2 is 1.86 bits per heavy atom. The predicted molar refractivity (Wildman–Crippen MR) is 142 cm³/mol. The molecule has 192 valence electrons. The second-order valence-electron chi connectivity index (χ2n) is 11.4. The molecule has 1 aromatic heterocycles. The SMILES string of the molecule is CN1c2ccccc2C(=O)N2CCc3c(n(CC(=O)N4CCC5(O)CCCCC5C4)c4ccccc34)C21. The quantitative estimate of drug-likeness (QED) is 0.581. The van der Waals surface area contributed by atoms with Gasteiger partial charge in [-0.2, -0.15) is 0 Å². The molecule has 3 aliphatic heterocycles. The van der Waals surface area contributed by atoms with Crippen LogP contribution in [0.3, 0.4) is 0 Å². The molecule has 0 bridgehead atoms. The van der Waals surface area contributed by atoms with Gasteiger partial charge in [0, 0.05) is 43.5 Å². The van der Waals surface area contributed by atoms with Crippen molar-refractivity contribution in [2.24, 2.45) is 5.92 Å². The number of nitrogens with zero attached hydrogens (tertiary/aromatic N) is 4. The van der Waals surface area contributed by atoms with Crippen molar-refractivity contribution in [1.29, 1.82) is 0 Å². The third kappa shape index (κ3) is 3.36. The number of likely N-dealkylation sites (tertiary alicyclic amines) is 1. The number of aromatic nitrogens is 1. The molecule has 0 spiro atoms. The first-order valence-corrected chi connectivity index (χ1v) is 13.7. The van der Waals surface area contributed by atoms with Crippen molar-refractivity contribution >= 4 is 28.4 Å². The van der Waals surface area contributed by atoms with E-state index in [1.807, 2.05) is 40.1 Å². The van der Waals surface area contributed by atoms with Crippen LogP contribution in [0, 0.1) is 5.92 Å². The van der Waals surface area contributed by atoms with E-state index in [-0.39, 0.29) is 30.4 Å². The largest absolute Gasteiger partial charge is 0.389 e. The Balaban J connectivity index is 1.28. The van der Waals surface area contributed by atoms with Crippen LogP contribution in [0.2, 0.25) is 0 Å². The van der Waals surface area contributed by atoms with Gasteiger partial charge in [-0.25, -0.2) is 0 Å². The Morgan fingerprint density at radius 1 is 1.05 bits per heavy atom. The summed E-state index contributed by atoms with van der Waals surface area (Å²) >= 11 is 0. The Kier molecular flexibility index (Phi) is 5.15. The number of carbonyl (C=O) groups is 2. The molecule has 2 aromatic carbocycles. The van der Waals surface area contributed by atoms with Crippen molar-refractivity contribution in [2.75, 3.05) is 31.6 Å². The summed E-state index contributed by atoms with van der Waals surface area (Å²) in [5.74, 6) is 0.321. The van der Waals surface area contributed by atoms with E-state index in [1.165, 1.54) is 10.9 Å². The summed E-state index contributed by atoms with van der Waals surface area (Å²) < 4.78 is 2.17. The molecule has 37 heavy (non-hydrogen) atoms. The minimum atomic E-state index is -0.604. The molecule has 7 heteroatoms. The summed E-state index contributed by atoms with van der Waals surface area (Å²) in [6.45, 7) is 2.14. The molecule has 3 unspecified atom stereocenters. The molecule has 1 aliphatic carbocycles. The lowest BCUT2D eigenvalue weighted by molar-refractivity contribution is -0.143. The van der Waals surface area contributed by atoms with Crippen LogP contribution in [0.5, 0.6) is 0 Å². The molecular formula is C30H34N4O3. The first-order chi connectivity index (χ1) is 18.0. The van der Waals surface area contributed by atoms with Crippen LogP contribution < -0.4 is 4.90 Å². The van der Waals surface area contributed by atoms with E-state index in [4.69, 9.17) is 0 Å². The van der Waals surface area contributed by atoms with Crippen molar-refractivity contribution < 1.29 is 14.7 Å². The van der Waals surface area contributed by atoms with E-state index in [9.17, 15) is 14.7 Å². The number of hydrogen-bond acceptors (Lipinski definition) is 4. The maximum absolute atomic E-state index is 13.8. The molecule has 3 atom stereocenters. The number of hydrogen-bond donors (Lipinski definition) is 1. The molecule has 1 saturated carbocycles. The highest BCUT2D eigenvalue weighted by Crippen LogP contribution is 2.45. The Labute approximate surface area is 217 Å². The van der Waals surface area contributed by atoms with Crippen LogP contribution in [0.1, 0.15) is 59.9 Å². The zero-order valence-electron chi connectivity index (χ0n) is 21.4. The summed E-state index contributed by atoms with van der Waals surface area (Å²) in [5, 5.41) is 12.3. The van der Waals surface area contributed by atoms with E-state index in [1.54, 1.807) is 0 Å². The van der Waals surface area contributed by atoms with Gasteiger partial charge in [0.25, 0.3) is 5.91 Å². The average Bonchev–Trinajstić information content (AvgIpc) is 3.24. The molecule has 1 N–H and O–H groups in total. The number of rotatable bonds is 2. The van der Waals surface area contributed by atoms with Gasteiger partial charge < -0.3 is 24.4 Å². The zero-order chi connectivity index (χ0) is 25.3. The molecule has 4 heterocycles. The first-order valence-electron chi connectivity index (χ1n) is 13.7. The minimum Gasteiger partial charge on any atom is -0.389 e. The summed E-state index contributed by atoms with van der Waals surface area (Å²) in [6, 6.07) is 16.1. The lowest BCUT2D eigenvalue weighted by atomic mass is 9.71. The van der Waals surface area contributed by atoms with Gasteiger partial charge in [-0.05, 0) is 49.4 Å². The predicted octanol–water partition coefficient (Wildman–Crippen LogP) is 3.94. The Bertz CT molecular complexity index is 1410. The van der Waals surface area contributed by atoms with Crippen LogP contribution in [0.15, 0.2) is 48.5 Å². The summed E-state index contributed by atoms with van der Waals surface area (Å²) in [4.78, 5) is 33.5. The van der Waals surface area contributed by atoms with Gasteiger partial charge in [-0.1, -0.05) is 43.2 Å². The maximum atomic E-state index is 13.8. The second-order valence-corrected chi connectivity index (χ2v) is 11.4. The smallest absolute Gasteiger partial charge is 0.257 e. The average molecular weight is 499 g/mol. The number of amides is 2. The van der Waals surface area contributed by atoms with Gasteiger partial charge in [0.2, 0.25) is 5.91 Å². The van der Waals surface area contributed by atoms with E-state index in [0.29, 0.717) is 26.1 Å². The molecule has 2 amide bonds. The first kappa shape index (κ1) is 22.8. The van der Waals surface area contributed by atoms with Crippen molar-refractivity contribution in [3.63, 3.8) is 0 Å². The van der Waals surface area contributed by atoms with Crippen molar-refractivity contribution in [1.82, 2.24) is 14.4 Å². The fourth-order valence-electron chi connectivity index (χ4n) is 7.51. The number of piperidine rings is 1. The maximum Gasteiger partial charge on any atom is 0.257 e. The molecule has 7 nitrogen and oxygen atoms in total. The molecule has 3 aromatic rings. The fourth-order valence-corrected chi connectivity index (χ4v) is 7.51. The van der Waals surface area contributed by atoms with E-state index >= 15 is 0 Å². The second kappa shape index (κ2) is 8.35. The normalized spacial score (nSPS) is 27.0. The molecule has 7 rings (SSSR count). The fraction of sp³-hybridized carbons (Fsp3) is 0.467. The molecule has 0 radical (unpaired) electrons. The van der Waals surface area contributed by atoms with Gasteiger partial charge in [0.15, 0.2) is 0 Å². The topological polar surface area (TPSA) is 69.0 Å². The van der Waals surface area contributed by atoms with E-state index in [2.05, 4.69) is 34.7 Å². The number of aliphatic hydroxyl groups is 1. The standard InChI is InChI=1S/C30H34N4O3/c1-31-24-11-4-3-10-23(24)29(36)33-16-13-22-21-9-2-5-12-25(21)34(27(22)28(31)33)19-26(35)32-17-15-30(37)14-7-6-8-20(30)18-32/h2-5,9-12,20,28,37H,6-8,13-19H2,1H3. The Hall–Kier alpha value is -3.32. The summed E-state index contributed by atoms with van der Waals surface area (Å²) in [6.07, 6.45) is 5.24.